The maximum atomic E-state index is 13.8. The summed E-state index contributed by atoms with van der Waals surface area (Å²) in [6.07, 6.45) is -1.43. The average molecular weight is 555 g/mol. The van der Waals surface area contributed by atoms with Gasteiger partial charge in [-0.25, -0.2) is 4.79 Å². The van der Waals surface area contributed by atoms with Gasteiger partial charge >= 0.3 is 12.0 Å². The summed E-state index contributed by atoms with van der Waals surface area (Å²) >= 11 is 1.17. The fourth-order valence-electron chi connectivity index (χ4n) is 5.56. The van der Waals surface area contributed by atoms with E-state index in [0.29, 0.717) is 10.6 Å². The third-order valence-corrected chi connectivity index (χ3v) is 8.27. The van der Waals surface area contributed by atoms with Gasteiger partial charge in [0.15, 0.2) is 0 Å². The fraction of sp³-hybridized carbons (Fsp3) is 0.200. The number of nitrogens with zero attached hydrogens (tertiary/aromatic N) is 3. The van der Waals surface area contributed by atoms with Gasteiger partial charge in [0, 0.05) is 13.1 Å². The average Bonchev–Trinajstić information content (AvgIpc) is 3.45. The zero-order valence-corrected chi connectivity index (χ0v) is 22.2. The van der Waals surface area contributed by atoms with Crippen molar-refractivity contribution >= 4 is 51.6 Å². The van der Waals surface area contributed by atoms with E-state index in [1.54, 1.807) is 16.3 Å². The number of fused-ring (bicyclic) bond motifs is 3. The van der Waals surface area contributed by atoms with Crippen molar-refractivity contribution in [1.82, 2.24) is 15.1 Å². The van der Waals surface area contributed by atoms with Gasteiger partial charge < -0.3 is 20.2 Å². The van der Waals surface area contributed by atoms with Gasteiger partial charge in [0.05, 0.1) is 18.7 Å². The third-order valence-electron chi connectivity index (χ3n) is 7.38. The molecule has 2 aliphatic rings. The number of amides is 4. The minimum Gasteiger partial charge on any atom is -0.481 e. The number of carbonyl (C=O) groups excluding carboxylic acids is 3. The molecule has 0 saturated carbocycles. The summed E-state index contributed by atoms with van der Waals surface area (Å²) in [7, 11) is 0. The molecule has 4 aromatic rings. The molecule has 1 fully saturated rings. The molecule has 0 aliphatic carbocycles. The monoisotopic (exact) mass is 554 g/mol. The topological polar surface area (TPSA) is 110 Å². The summed E-state index contributed by atoms with van der Waals surface area (Å²) in [6, 6.07) is 23.2. The first-order valence-electron chi connectivity index (χ1n) is 12.9. The quantitative estimate of drug-likeness (QED) is 0.370. The highest BCUT2D eigenvalue weighted by Gasteiger charge is 2.52. The predicted octanol–water partition coefficient (Wildman–Crippen LogP) is 4.29. The summed E-state index contributed by atoms with van der Waals surface area (Å²) in [5, 5.41) is 16.4. The second-order valence-corrected chi connectivity index (χ2v) is 10.7. The van der Waals surface area contributed by atoms with E-state index in [4.69, 9.17) is 0 Å². The molecule has 0 bridgehead atoms. The van der Waals surface area contributed by atoms with E-state index in [2.05, 4.69) is 5.32 Å². The molecule has 3 heterocycles. The van der Waals surface area contributed by atoms with E-state index < -0.39 is 42.4 Å². The maximum absolute atomic E-state index is 13.8. The molecule has 2 unspecified atom stereocenters. The van der Waals surface area contributed by atoms with Gasteiger partial charge in [-0.15, -0.1) is 11.3 Å². The molecule has 3 aromatic carbocycles. The number of piperazine rings is 1. The third kappa shape index (κ3) is 4.56. The van der Waals surface area contributed by atoms with Crippen LogP contribution in [-0.4, -0.2) is 57.5 Å². The molecule has 2 aliphatic heterocycles. The number of benzene rings is 3. The normalized spacial score (nSPS) is 18.4. The smallest absolute Gasteiger partial charge is 0.323 e. The van der Waals surface area contributed by atoms with E-state index in [-0.39, 0.29) is 19.6 Å². The van der Waals surface area contributed by atoms with Crippen LogP contribution in [0.1, 0.15) is 27.2 Å². The Morgan fingerprint density at radius 2 is 1.70 bits per heavy atom. The lowest BCUT2D eigenvalue weighted by Gasteiger charge is -2.51. The Balaban J connectivity index is 1.38. The van der Waals surface area contributed by atoms with Crippen LogP contribution in [0, 0.1) is 0 Å². The summed E-state index contributed by atoms with van der Waals surface area (Å²) < 4.78 is 0. The van der Waals surface area contributed by atoms with Crippen molar-refractivity contribution in [2.45, 2.75) is 31.7 Å². The van der Waals surface area contributed by atoms with Crippen LogP contribution in [-0.2, 0) is 22.7 Å². The van der Waals surface area contributed by atoms with Gasteiger partial charge in [-0.2, -0.15) is 0 Å². The van der Waals surface area contributed by atoms with Gasteiger partial charge in [-0.05, 0) is 33.3 Å². The first-order valence-corrected chi connectivity index (χ1v) is 13.8. The molecule has 6 rings (SSSR count). The zero-order chi connectivity index (χ0) is 27.8. The molecule has 9 nitrogen and oxygen atoms in total. The fourth-order valence-corrected chi connectivity index (χ4v) is 6.38. The molecule has 4 amide bonds. The molecular weight excluding hydrogens is 528 g/mol. The standard InChI is InChI=1S/C30H26N4O5S/c35-26(36)15-24-28(37)32(17-21-11-6-10-20-9-4-5-12-22(20)21)18-25-33(24)29(38)27-23(13-14-40-27)34(25)30(39)31-16-19-7-2-1-3-8-19/h1-14,24-25H,15-18H2,(H,31,39)(H,35,36). The lowest BCUT2D eigenvalue weighted by molar-refractivity contribution is -0.150. The van der Waals surface area contributed by atoms with Crippen LogP contribution in [0.5, 0.6) is 0 Å². The highest BCUT2D eigenvalue weighted by atomic mass is 32.1. The number of hydrogen-bond acceptors (Lipinski definition) is 5. The highest BCUT2D eigenvalue weighted by Crippen LogP contribution is 2.39. The van der Waals surface area contributed by atoms with Crippen LogP contribution in [0.15, 0.2) is 84.2 Å². The molecule has 40 heavy (non-hydrogen) atoms. The number of carbonyl (C=O) groups is 4. The SMILES string of the molecule is O=C(O)CC1C(=O)N(Cc2cccc3ccccc23)CC2N(C(=O)NCc3ccccc3)c3ccsc3C(=O)N12. The Morgan fingerprint density at radius 1 is 0.950 bits per heavy atom. The lowest BCUT2D eigenvalue weighted by Crippen LogP contribution is -2.71. The number of thiophene rings is 1. The van der Waals surface area contributed by atoms with Crippen molar-refractivity contribution < 1.29 is 24.3 Å². The van der Waals surface area contributed by atoms with Crippen molar-refractivity contribution in [3.05, 3.63) is 100 Å². The Bertz CT molecular complexity index is 1620. The Kier molecular flexibility index (Phi) is 6.69. The minimum atomic E-state index is -1.25. The molecule has 0 radical (unpaired) electrons. The molecule has 202 valence electrons. The number of nitrogens with one attached hydrogen (secondary N) is 1. The Hall–Kier alpha value is -4.70. The van der Waals surface area contributed by atoms with Gasteiger partial charge in [0.1, 0.15) is 17.1 Å². The van der Waals surface area contributed by atoms with Crippen LogP contribution in [0.4, 0.5) is 10.5 Å². The Morgan fingerprint density at radius 3 is 2.50 bits per heavy atom. The summed E-state index contributed by atoms with van der Waals surface area (Å²) in [5.41, 5.74) is 2.26. The van der Waals surface area contributed by atoms with E-state index in [9.17, 15) is 24.3 Å². The van der Waals surface area contributed by atoms with E-state index in [1.165, 1.54) is 21.1 Å². The number of carboxylic acid groups (broad SMARTS) is 1. The molecule has 2 atom stereocenters. The number of rotatable bonds is 6. The molecule has 0 spiro atoms. The van der Waals surface area contributed by atoms with Crippen LogP contribution in [0.25, 0.3) is 10.8 Å². The van der Waals surface area contributed by atoms with Gasteiger partial charge in [-0.1, -0.05) is 72.8 Å². The maximum Gasteiger partial charge on any atom is 0.323 e. The number of anilines is 1. The van der Waals surface area contributed by atoms with Crippen LogP contribution < -0.4 is 10.2 Å². The van der Waals surface area contributed by atoms with Crippen molar-refractivity contribution in [1.29, 1.82) is 0 Å². The largest absolute Gasteiger partial charge is 0.481 e. The van der Waals surface area contributed by atoms with Gasteiger partial charge in [-0.3, -0.25) is 19.3 Å². The molecule has 1 saturated heterocycles. The number of carboxylic acids is 1. The highest BCUT2D eigenvalue weighted by molar-refractivity contribution is 7.12. The second-order valence-electron chi connectivity index (χ2n) is 9.81. The molecular formula is C30H26N4O5S. The second kappa shape index (κ2) is 10.5. The van der Waals surface area contributed by atoms with Crippen LogP contribution >= 0.6 is 11.3 Å². The first-order chi connectivity index (χ1) is 19.4. The van der Waals surface area contributed by atoms with Crippen molar-refractivity contribution in [3.63, 3.8) is 0 Å². The number of urea groups is 1. The van der Waals surface area contributed by atoms with E-state index >= 15 is 0 Å². The molecule has 10 heteroatoms. The minimum absolute atomic E-state index is 0.0396. The predicted molar refractivity (Wildman–Crippen MR) is 151 cm³/mol. The van der Waals surface area contributed by atoms with E-state index in [1.807, 2.05) is 72.8 Å². The van der Waals surface area contributed by atoms with Crippen LogP contribution in [0.2, 0.25) is 0 Å². The number of aliphatic carboxylic acids is 1. The van der Waals surface area contributed by atoms with Crippen LogP contribution in [0.3, 0.4) is 0 Å². The Labute approximate surface area is 234 Å². The first kappa shape index (κ1) is 25.6. The summed E-state index contributed by atoms with van der Waals surface area (Å²) in [4.78, 5) is 57.7. The number of hydrogen-bond donors (Lipinski definition) is 2. The molecule has 1 aromatic heterocycles. The zero-order valence-electron chi connectivity index (χ0n) is 21.4. The summed E-state index contributed by atoms with van der Waals surface area (Å²) in [6.45, 7) is 0.524. The summed E-state index contributed by atoms with van der Waals surface area (Å²) in [5.74, 6) is -2.09. The van der Waals surface area contributed by atoms with Crippen molar-refractivity contribution in [2.24, 2.45) is 0 Å². The lowest BCUT2D eigenvalue weighted by atomic mass is 9.99. The van der Waals surface area contributed by atoms with Gasteiger partial charge in [0.25, 0.3) is 5.91 Å². The van der Waals surface area contributed by atoms with E-state index in [0.717, 1.165) is 21.9 Å². The van der Waals surface area contributed by atoms with Crippen molar-refractivity contribution in [3.8, 4) is 0 Å². The molecule has 2 N–H and O–H groups in total. The van der Waals surface area contributed by atoms with Crippen molar-refractivity contribution in [2.75, 3.05) is 11.4 Å². The van der Waals surface area contributed by atoms with Gasteiger partial charge in [0.2, 0.25) is 5.91 Å².